The fraction of sp³-hybridized carbons (Fsp3) is 0.385. The third-order valence-corrected chi connectivity index (χ3v) is 2.69. The molecule has 0 saturated carbocycles. The average molecular weight is 236 g/mol. The first kappa shape index (κ1) is 13.2. The molecule has 1 N–H and O–H groups in total. The zero-order chi connectivity index (χ0) is 13.1. The third kappa shape index (κ3) is 3.31. The zero-order valence-electron chi connectivity index (χ0n) is 10.2. The van der Waals surface area contributed by atoms with E-state index < -0.39 is 17.2 Å². The number of carboxylic acids is 1. The van der Waals surface area contributed by atoms with Crippen molar-refractivity contribution in [2.24, 2.45) is 0 Å². The SMILES string of the molecule is COc1cccc(C(C)(C)CC(=O)C(=O)O)c1. The molecule has 4 nitrogen and oxygen atoms in total. The largest absolute Gasteiger partial charge is 0.497 e. The number of hydrogen-bond donors (Lipinski definition) is 1. The fourth-order valence-electron chi connectivity index (χ4n) is 1.62. The van der Waals surface area contributed by atoms with Crippen LogP contribution in [0.2, 0.25) is 0 Å². The first-order valence-corrected chi connectivity index (χ1v) is 5.27. The number of ketones is 1. The van der Waals surface area contributed by atoms with E-state index in [0.29, 0.717) is 5.75 Å². The van der Waals surface area contributed by atoms with Crippen LogP contribution >= 0.6 is 0 Å². The summed E-state index contributed by atoms with van der Waals surface area (Å²) in [7, 11) is 1.56. The van der Waals surface area contributed by atoms with Crippen LogP contribution in [0.25, 0.3) is 0 Å². The van der Waals surface area contributed by atoms with Crippen molar-refractivity contribution in [2.75, 3.05) is 7.11 Å². The Labute approximate surface area is 100 Å². The van der Waals surface area contributed by atoms with Gasteiger partial charge in [-0.25, -0.2) is 4.79 Å². The van der Waals surface area contributed by atoms with E-state index in [1.807, 2.05) is 32.0 Å². The first-order chi connectivity index (χ1) is 7.86. The molecule has 0 fully saturated rings. The van der Waals surface area contributed by atoms with Crippen LogP contribution in [0.5, 0.6) is 5.75 Å². The Morgan fingerprint density at radius 3 is 2.53 bits per heavy atom. The number of aliphatic carboxylic acids is 1. The summed E-state index contributed by atoms with van der Waals surface area (Å²) in [6.07, 6.45) is -0.0322. The summed E-state index contributed by atoms with van der Waals surface area (Å²) in [6.45, 7) is 3.67. The number of benzene rings is 1. The molecule has 0 aliphatic heterocycles. The molecule has 92 valence electrons. The Bertz CT molecular complexity index is 435. The standard InChI is InChI=1S/C13H16O4/c1-13(2,8-11(14)12(15)16)9-5-4-6-10(7-9)17-3/h4-7H,8H2,1-3H3,(H,15,16). The topological polar surface area (TPSA) is 63.6 Å². The lowest BCUT2D eigenvalue weighted by Gasteiger charge is -2.24. The second-order valence-electron chi connectivity index (χ2n) is 4.52. The molecule has 1 aromatic carbocycles. The quantitative estimate of drug-likeness (QED) is 0.794. The second kappa shape index (κ2) is 4.99. The van der Waals surface area contributed by atoms with Crippen LogP contribution in [0.15, 0.2) is 24.3 Å². The summed E-state index contributed by atoms with van der Waals surface area (Å²) >= 11 is 0. The van der Waals surface area contributed by atoms with E-state index in [9.17, 15) is 9.59 Å². The van der Waals surface area contributed by atoms with Crippen LogP contribution < -0.4 is 4.74 Å². The Morgan fingerprint density at radius 2 is 2.00 bits per heavy atom. The van der Waals surface area contributed by atoms with Gasteiger partial charge in [0, 0.05) is 6.42 Å². The average Bonchev–Trinajstić information content (AvgIpc) is 2.28. The van der Waals surface area contributed by atoms with Crippen LogP contribution in [-0.4, -0.2) is 24.0 Å². The number of Topliss-reactive ketones (excluding diaryl/α,β-unsaturated/α-hetero) is 1. The second-order valence-corrected chi connectivity index (χ2v) is 4.52. The molecule has 0 unspecified atom stereocenters. The third-order valence-electron chi connectivity index (χ3n) is 2.69. The van der Waals surface area contributed by atoms with Crippen LogP contribution in [0, 0.1) is 0 Å². The van der Waals surface area contributed by atoms with Gasteiger partial charge in [-0.15, -0.1) is 0 Å². The van der Waals surface area contributed by atoms with E-state index in [2.05, 4.69) is 0 Å². The number of ether oxygens (including phenoxy) is 1. The lowest BCUT2D eigenvalue weighted by Crippen LogP contribution is -2.26. The molecule has 0 bridgehead atoms. The Kier molecular flexibility index (Phi) is 3.89. The molecule has 4 heteroatoms. The number of methoxy groups -OCH3 is 1. The lowest BCUT2D eigenvalue weighted by atomic mass is 9.80. The summed E-state index contributed by atoms with van der Waals surface area (Å²) in [5.74, 6) is -1.47. The maximum absolute atomic E-state index is 11.3. The summed E-state index contributed by atoms with van der Waals surface area (Å²) in [5.41, 5.74) is 0.357. The highest BCUT2D eigenvalue weighted by atomic mass is 16.5. The van der Waals surface area contributed by atoms with Gasteiger partial charge in [-0.05, 0) is 23.1 Å². The summed E-state index contributed by atoms with van der Waals surface area (Å²) in [4.78, 5) is 21.8. The van der Waals surface area contributed by atoms with Gasteiger partial charge in [0.2, 0.25) is 5.78 Å². The molecule has 0 amide bonds. The molecule has 0 atom stereocenters. The summed E-state index contributed by atoms with van der Waals surface area (Å²) < 4.78 is 5.10. The number of rotatable bonds is 5. The van der Waals surface area contributed by atoms with E-state index in [0.717, 1.165) is 5.56 Å². The highest BCUT2D eigenvalue weighted by Gasteiger charge is 2.27. The maximum Gasteiger partial charge on any atom is 0.372 e. The molecule has 0 aliphatic carbocycles. The molecule has 0 aromatic heterocycles. The van der Waals surface area contributed by atoms with Crippen molar-refractivity contribution in [1.82, 2.24) is 0 Å². The van der Waals surface area contributed by atoms with E-state index in [1.165, 1.54) is 0 Å². The normalized spacial score (nSPS) is 11.0. The van der Waals surface area contributed by atoms with E-state index >= 15 is 0 Å². The molecule has 17 heavy (non-hydrogen) atoms. The van der Waals surface area contributed by atoms with Gasteiger partial charge < -0.3 is 9.84 Å². The molecular weight excluding hydrogens is 220 g/mol. The fourth-order valence-corrected chi connectivity index (χ4v) is 1.62. The van der Waals surface area contributed by atoms with Crippen LogP contribution in [0.3, 0.4) is 0 Å². The maximum atomic E-state index is 11.3. The van der Waals surface area contributed by atoms with Gasteiger partial charge >= 0.3 is 5.97 Å². The van der Waals surface area contributed by atoms with Crippen molar-refractivity contribution >= 4 is 11.8 Å². The van der Waals surface area contributed by atoms with Crippen molar-refractivity contribution in [3.05, 3.63) is 29.8 Å². The van der Waals surface area contributed by atoms with Gasteiger partial charge in [-0.1, -0.05) is 26.0 Å². The van der Waals surface area contributed by atoms with Crippen LogP contribution in [0.1, 0.15) is 25.8 Å². The predicted molar refractivity (Wildman–Crippen MR) is 63.3 cm³/mol. The van der Waals surface area contributed by atoms with E-state index in [-0.39, 0.29) is 6.42 Å². The minimum atomic E-state index is -1.39. The molecule has 1 rings (SSSR count). The minimum Gasteiger partial charge on any atom is -0.497 e. The number of carbonyl (C=O) groups is 2. The first-order valence-electron chi connectivity index (χ1n) is 5.27. The van der Waals surface area contributed by atoms with Gasteiger partial charge in [0.1, 0.15) is 5.75 Å². The van der Waals surface area contributed by atoms with Crippen LogP contribution in [0.4, 0.5) is 0 Å². The Hall–Kier alpha value is -1.84. The molecule has 0 saturated heterocycles. The Balaban J connectivity index is 2.95. The molecule has 0 spiro atoms. The summed E-state index contributed by atoms with van der Waals surface area (Å²) in [6, 6.07) is 7.30. The highest BCUT2D eigenvalue weighted by Crippen LogP contribution is 2.29. The molecule has 1 aromatic rings. The summed E-state index contributed by atoms with van der Waals surface area (Å²) in [5, 5.41) is 8.62. The van der Waals surface area contributed by atoms with Crippen molar-refractivity contribution < 1.29 is 19.4 Å². The number of carboxylic acid groups (broad SMARTS) is 1. The lowest BCUT2D eigenvalue weighted by molar-refractivity contribution is -0.149. The van der Waals surface area contributed by atoms with E-state index in [1.54, 1.807) is 13.2 Å². The predicted octanol–water partition coefficient (Wildman–Crippen LogP) is 2.02. The van der Waals surface area contributed by atoms with Crippen molar-refractivity contribution in [3.63, 3.8) is 0 Å². The van der Waals surface area contributed by atoms with Gasteiger partial charge in [0.15, 0.2) is 0 Å². The minimum absolute atomic E-state index is 0.0322. The van der Waals surface area contributed by atoms with Crippen molar-refractivity contribution in [3.8, 4) is 5.75 Å². The molecule has 0 aliphatic rings. The van der Waals surface area contributed by atoms with Crippen LogP contribution in [-0.2, 0) is 15.0 Å². The van der Waals surface area contributed by atoms with E-state index in [4.69, 9.17) is 9.84 Å². The molecule has 0 radical (unpaired) electrons. The smallest absolute Gasteiger partial charge is 0.372 e. The van der Waals surface area contributed by atoms with Gasteiger partial charge in [-0.3, -0.25) is 4.79 Å². The highest BCUT2D eigenvalue weighted by molar-refractivity contribution is 6.32. The number of carbonyl (C=O) groups excluding carboxylic acids is 1. The van der Waals surface area contributed by atoms with Gasteiger partial charge in [-0.2, -0.15) is 0 Å². The monoisotopic (exact) mass is 236 g/mol. The van der Waals surface area contributed by atoms with Gasteiger partial charge in [0.05, 0.1) is 7.11 Å². The molecule has 0 heterocycles. The van der Waals surface area contributed by atoms with Gasteiger partial charge in [0.25, 0.3) is 0 Å². The zero-order valence-corrected chi connectivity index (χ0v) is 10.2. The Morgan fingerprint density at radius 1 is 1.35 bits per heavy atom. The van der Waals surface area contributed by atoms with Crippen molar-refractivity contribution in [1.29, 1.82) is 0 Å². The van der Waals surface area contributed by atoms with Crippen molar-refractivity contribution in [2.45, 2.75) is 25.7 Å². The number of hydrogen-bond acceptors (Lipinski definition) is 3. The molecular formula is C13H16O4.